The molecule has 8 heteroatoms. The molecule has 0 aromatic carbocycles. The van der Waals surface area contributed by atoms with Crippen LogP contribution in [0.1, 0.15) is 19.3 Å². The number of hydrogen-bond acceptors (Lipinski definition) is 4. The number of carbonyl (C=O) groups excluding carboxylic acids is 4. The number of nitrogens with one attached hydrogen (secondary N) is 2. The summed E-state index contributed by atoms with van der Waals surface area (Å²) >= 11 is 0. The van der Waals surface area contributed by atoms with Crippen molar-refractivity contribution >= 4 is 23.8 Å². The lowest BCUT2D eigenvalue weighted by molar-refractivity contribution is -0.135. The molecule has 0 radical (unpaired) electrons. The van der Waals surface area contributed by atoms with Gasteiger partial charge in [-0.2, -0.15) is 0 Å². The van der Waals surface area contributed by atoms with Crippen LogP contribution in [0.5, 0.6) is 0 Å². The highest BCUT2D eigenvalue weighted by molar-refractivity contribution is 6.03. The average Bonchev–Trinajstić information content (AvgIpc) is 2.99. The molecule has 3 saturated heterocycles. The van der Waals surface area contributed by atoms with E-state index >= 15 is 0 Å². The first-order chi connectivity index (χ1) is 10.00. The molecule has 0 aromatic heterocycles. The third kappa shape index (κ3) is 2.45. The van der Waals surface area contributed by atoms with Crippen molar-refractivity contribution < 1.29 is 19.2 Å². The molecule has 3 heterocycles. The molecule has 0 unspecified atom stereocenters. The highest BCUT2D eigenvalue weighted by Crippen LogP contribution is 2.37. The first kappa shape index (κ1) is 13.8. The fourth-order valence-electron chi connectivity index (χ4n) is 3.28. The van der Waals surface area contributed by atoms with Gasteiger partial charge in [0.1, 0.15) is 13.1 Å². The van der Waals surface area contributed by atoms with Crippen molar-refractivity contribution in [2.45, 2.75) is 19.3 Å². The predicted molar refractivity (Wildman–Crippen MR) is 71.0 cm³/mol. The summed E-state index contributed by atoms with van der Waals surface area (Å²) in [5, 5.41) is 5.00. The van der Waals surface area contributed by atoms with E-state index in [0.29, 0.717) is 26.1 Å². The van der Waals surface area contributed by atoms with E-state index in [4.69, 9.17) is 0 Å². The van der Waals surface area contributed by atoms with Crippen molar-refractivity contribution in [1.29, 1.82) is 0 Å². The number of likely N-dealkylation sites (tertiary alicyclic amines) is 1. The van der Waals surface area contributed by atoms with Crippen LogP contribution in [0.25, 0.3) is 0 Å². The molecule has 3 rings (SSSR count). The van der Waals surface area contributed by atoms with Gasteiger partial charge in [0.05, 0.1) is 5.41 Å². The minimum atomic E-state index is -0.530. The Kier molecular flexibility index (Phi) is 3.30. The summed E-state index contributed by atoms with van der Waals surface area (Å²) < 4.78 is 0. The zero-order valence-electron chi connectivity index (χ0n) is 11.7. The predicted octanol–water partition coefficient (Wildman–Crippen LogP) is -1.33. The first-order valence-electron chi connectivity index (χ1n) is 7.15. The summed E-state index contributed by atoms with van der Waals surface area (Å²) in [5.41, 5.74) is -0.461. The molecular weight excluding hydrogens is 276 g/mol. The molecule has 3 fully saturated rings. The summed E-state index contributed by atoms with van der Waals surface area (Å²) in [6.45, 7) is 1.43. The van der Waals surface area contributed by atoms with E-state index in [-0.39, 0.29) is 24.9 Å². The molecule has 0 aliphatic carbocycles. The van der Waals surface area contributed by atoms with Crippen LogP contribution in [0.15, 0.2) is 0 Å². The second kappa shape index (κ2) is 5.01. The maximum Gasteiger partial charge on any atom is 0.325 e. The van der Waals surface area contributed by atoms with Crippen LogP contribution in [0, 0.1) is 5.41 Å². The number of piperidine rings is 1. The smallest absolute Gasteiger partial charge is 0.325 e. The van der Waals surface area contributed by atoms with Gasteiger partial charge in [0, 0.05) is 19.6 Å². The highest BCUT2D eigenvalue weighted by Gasteiger charge is 2.47. The lowest BCUT2D eigenvalue weighted by atomic mass is 9.79. The Morgan fingerprint density at radius 3 is 2.71 bits per heavy atom. The summed E-state index contributed by atoms with van der Waals surface area (Å²) in [5.74, 6) is -0.578. The molecule has 0 saturated carbocycles. The lowest BCUT2D eigenvalue weighted by Crippen LogP contribution is -2.48. The van der Waals surface area contributed by atoms with Crippen molar-refractivity contribution in [2.24, 2.45) is 5.41 Å². The normalized spacial score (nSPS) is 29.0. The second-order valence-electron chi connectivity index (χ2n) is 5.91. The van der Waals surface area contributed by atoms with E-state index in [1.165, 1.54) is 4.90 Å². The molecular formula is C13H18N4O4. The van der Waals surface area contributed by atoms with E-state index < -0.39 is 17.4 Å². The monoisotopic (exact) mass is 294 g/mol. The Bertz CT molecular complexity index is 520. The fraction of sp³-hybridized carbons (Fsp3) is 0.692. The SMILES string of the molecule is O=C1CN(CC(=O)N2CC[C@]3(CCCNC3=O)C2)C(=O)N1. The molecule has 1 atom stereocenters. The number of carbonyl (C=O) groups is 4. The minimum Gasteiger partial charge on any atom is -0.356 e. The van der Waals surface area contributed by atoms with Crippen LogP contribution in [0.2, 0.25) is 0 Å². The van der Waals surface area contributed by atoms with E-state index in [9.17, 15) is 19.2 Å². The van der Waals surface area contributed by atoms with Gasteiger partial charge in [-0.05, 0) is 19.3 Å². The van der Waals surface area contributed by atoms with Crippen molar-refractivity contribution in [3.63, 3.8) is 0 Å². The van der Waals surface area contributed by atoms with Gasteiger partial charge in [-0.15, -0.1) is 0 Å². The Labute approximate surface area is 121 Å². The largest absolute Gasteiger partial charge is 0.356 e. The molecule has 8 nitrogen and oxygen atoms in total. The lowest BCUT2D eigenvalue weighted by Gasteiger charge is -2.32. The number of amides is 5. The minimum absolute atomic E-state index is 0.0261. The topological polar surface area (TPSA) is 98.8 Å². The standard InChI is InChI=1S/C13H18N4O4/c18-9-6-17(12(21)15-9)7-10(19)16-5-3-13(8-16)2-1-4-14-11(13)20/h1-8H2,(H,14,20)(H,15,18,21)/t13-/m1/s1. The van der Waals surface area contributed by atoms with E-state index in [1.54, 1.807) is 4.90 Å². The molecule has 1 spiro atoms. The third-order valence-electron chi connectivity index (χ3n) is 4.50. The number of urea groups is 1. The second-order valence-corrected chi connectivity index (χ2v) is 5.91. The van der Waals surface area contributed by atoms with E-state index in [0.717, 1.165) is 12.8 Å². The summed E-state index contributed by atoms with van der Waals surface area (Å²) in [6, 6.07) is -0.530. The summed E-state index contributed by atoms with van der Waals surface area (Å²) in [7, 11) is 0. The molecule has 5 amide bonds. The van der Waals surface area contributed by atoms with Crippen molar-refractivity contribution in [3.05, 3.63) is 0 Å². The quantitative estimate of drug-likeness (QED) is 0.616. The molecule has 3 aliphatic heterocycles. The van der Waals surface area contributed by atoms with Crippen LogP contribution in [-0.2, 0) is 14.4 Å². The van der Waals surface area contributed by atoms with Crippen LogP contribution < -0.4 is 10.6 Å². The van der Waals surface area contributed by atoms with Crippen LogP contribution in [0.4, 0.5) is 4.79 Å². The van der Waals surface area contributed by atoms with Crippen molar-refractivity contribution in [2.75, 3.05) is 32.7 Å². The number of nitrogens with zero attached hydrogens (tertiary/aromatic N) is 2. The van der Waals surface area contributed by atoms with E-state index in [1.807, 2.05) is 0 Å². The molecule has 0 bridgehead atoms. The van der Waals surface area contributed by atoms with Crippen molar-refractivity contribution in [3.8, 4) is 0 Å². The van der Waals surface area contributed by atoms with Crippen LogP contribution >= 0.6 is 0 Å². The van der Waals surface area contributed by atoms with Gasteiger partial charge in [-0.1, -0.05) is 0 Å². The summed E-state index contributed by atoms with van der Waals surface area (Å²) in [6.07, 6.45) is 2.39. The average molecular weight is 294 g/mol. The zero-order valence-corrected chi connectivity index (χ0v) is 11.7. The van der Waals surface area contributed by atoms with Crippen LogP contribution in [-0.4, -0.2) is 66.3 Å². The maximum atomic E-state index is 12.2. The Morgan fingerprint density at radius 2 is 2.05 bits per heavy atom. The highest BCUT2D eigenvalue weighted by atomic mass is 16.2. The van der Waals surface area contributed by atoms with Gasteiger partial charge < -0.3 is 15.1 Å². The van der Waals surface area contributed by atoms with Crippen LogP contribution in [0.3, 0.4) is 0 Å². The maximum absolute atomic E-state index is 12.2. The van der Waals surface area contributed by atoms with E-state index in [2.05, 4.69) is 10.6 Å². The van der Waals surface area contributed by atoms with Gasteiger partial charge in [-0.25, -0.2) is 4.79 Å². The third-order valence-corrected chi connectivity index (χ3v) is 4.50. The van der Waals surface area contributed by atoms with Gasteiger partial charge >= 0.3 is 6.03 Å². The fourth-order valence-corrected chi connectivity index (χ4v) is 3.28. The first-order valence-corrected chi connectivity index (χ1v) is 7.15. The Balaban J connectivity index is 1.61. The number of rotatable bonds is 2. The van der Waals surface area contributed by atoms with Gasteiger partial charge in [0.25, 0.3) is 0 Å². The molecule has 21 heavy (non-hydrogen) atoms. The zero-order chi connectivity index (χ0) is 15.0. The molecule has 0 aromatic rings. The van der Waals surface area contributed by atoms with Crippen molar-refractivity contribution in [1.82, 2.24) is 20.4 Å². The number of imide groups is 1. The molecule has 3 aliphatic rings. The Morgan fingerprint density at radius 1 is 1.24 bits per heavy atom. The Hall–Kier alpha value is -2.12. The summed E-state index contributed by atoms with van der Waals surface area (Å²) in [4.78, 5) is 49.7. The molecule has 2 N–H and O–H groups in total. The van der Waals surface area contributed by atoms with Gasteiger partial charge in [0.15, 0.2) is 0 Å². The van der Waals surface area contributed by atoms with Gasteiger partial charge in [-0.3, -0.25) is 19.7 Å². The molecule has 114 valence electrons. The number of hydrogen-bond donors (Lipinski definition) is 2. The van der Waals surface area contributed by atoms with Gasteiger partial charge in [0.2, 0.25) is 17.7 Å².